The predicted octanol–water partition coefficient (Wildman–Crippen LogP) is 8.28. The summed E-state index contributed by atoms with van der Waals surface area (Å²) in [6.45, 7) is 1.52. The second-order valence-electron chi connectivity index (χ2n) is 6.62. The number of hydrogen-bond acceptors (Lipinski definition) is 2. The van der Waals surface area contributed by atoms with Crippen LogP contribution in [0, 0.1) is 0 Å². The molecule has 2 nitrogen and oxygen atoms in total. The Balaban J connectivity index is 1.62. The summed E-state index contributed by atoms with van der Waals surface area (Å²) in [6.07, 6.45) is 4.44. The summed E-state index contributed by atoms with van der Waals surface area (Å²) in [7, 11) is 0. The molecule has 2 rings (SSSR count). The zero-order valence-corrected chi connectivity index (χ0v) is 22.2. The van der Waals surface area contributed by atoms with E-state index in [9.17, 15) is 0 Å². The molecule has 0 aliphatic carbocycles. The summed E-state index contributed by atoms with van der Waals surface area (Å²) in [5.41, 5.74) is 4.99. The van der Waals surface area contributed by atoms with Crippen LogP contribution in [0.2, 0.25) is 0 Å². The average molecular weight is 642 g/mol. The first kappa shape index (κ1) is 24.2. The first-order valence-electron chi connectivity index (χ1n) is 9.43. The molecule has 2 aromatic carbocycles. The lowest BCUT2D eigenvalue weighted by Gasteiger charge is -2.10. The highest BCUT2D eigenvalue weighted by molar-refractivity contribution is 9.09. The maximum absolute atomic E-state index is 5.94. The summed E-state index contributed by atoms with van der Waals surface area (Å²) in [5, 5.41) is 3.39. The molecular formula is C22H26Br4O2. The molecule has 0 bridgehead atoms. The van der Waals surface area contributed by atoms with Gasteiger partial charge in [0.05, 0.1) is 13.2 Å². The van der Waals surface area contributed by atoms with E-state index in [1.54, 1.807) is 0 Å². The normalized spacial score (nSPS) is 10.9. The van der Waals surface area contributed by atoms with Crippen molar-refractivity contribution in [3.63, 3.8) is 0 Å². The van der Waals surface area contributed by atoms with Gasteiger partial charge in [0.2, 0.25) is 0 Å². The van der Waals surface area contributed by atoms with Gasteiger partial charge in [0.25, 0.3) is 0 Å². The summed E-state index contributed by atoms with van der Waals surface area (Å²) >= 11 is 14.1. The standard InChI is InChI=1S/C22H26Br4O2/c23-13-17-7-18(14-24)10-21(9-17)27-5-3-1-2-4-6-28-22-11-19(15-25)8-20(12-22)16-26/h7-12H,1-6,13-16H2. The van der Waals surface area contributed by atoms with Gasteiger partial charge in [-0.25, -0.2) is 0 Å². The van der Waals surface area contributed by atoms with E-state index in [4.69, 9.17) is 9.47 Å². The lowest BCUT2D eigenvalue weighted by atomic mass is 10.1. The van der Waals surface area contributed by atoms with Gasteiger partial charge in [-0.3, -0.25) is 0 Å². The highest BCUT2D eigenvalue weighted by Crippen LogP contribution is 2.22. The van der Waals surface area contributed by atoms with Crippen molar-refractivity contribution in [1.82, 2.24) is 0 Å². The van der Waals surface area contributed by atoms with Crippen LogP contribution in [0.1, 0.15) is 47.9 Å². The Morgan fingerprint density at radius 3 is 1.07 bits per heavy atom. The largest absolute Gasteiger partial charge is 0.494 e. The molecule has 0 amide bonds. The number of ether oxygens (including phenoxy) is 2. The van der Waals surface area contributed by atoms with Crippen molar-refractivity contribution in [3.8, 4) is 11.5 Å². The zero-order valence-electron chi connectivity index (χ0n) is 15.9. The number of unbranched alkanes of at least 4 members (excludes halogenated alkanes) is 3. The fourth-order valence-corrected chi connectivity index (χ4v) is 4.17. The van der Waals surface area contributed by atoms with Gasteiger partial charge in [0, 0.05) is 21.3 Å². The first-order chi connectivity index (χ1) is 13.7. The van der Waals surface area contributed by atoms with Crippen LogP contribution in [-0.4, -0.2) is 13.2 Å². The second-order valence-corrected chi connectivity index (χ2v) is 8.86. The van der Waals surface area contributed by atoms with Crippen LogP contribution in [0.3, 0.4) is 0 Å². The van der Waals surface area contributed by atoms with Crippen molar-refractivity contribution in [2.24, 2.45) is 0 Å². The van der Waals surface area contributed by atoms with Crippen molar-refractivity contribution >= 4 is 63.7 Å². The number of alkyl halides is 4. The third-order valence-corrected chi connectivity index (χ3v) is 6.84. The molecule has 0 aliphatic rings. The first-order valence-corrected chi connectivity index (χ1v) is 13.9. The average Bonchev–Trinajstić information content (AvgIpc) is 2.74. The lowest BCUT2D eigenvalue weighted by Crippen LogP contribution is -2.01. The molecule has 154 valence electrons. The van der Waals surface area contributed by atoms with Crippen LogP contribution in [0.25, 0.3) is 0 Å². The van der Waals surface area contributed by atoms with Crippen LogP contribution in [0.15, 0.2) is 36.4 Å². The Morgan fingerprint density at radius 2 is 0.786 bits per heavy atom. The molecule has 0 fully saturated rings. The van der Waals surface area contributed by atoms with Crippen LogP contribution < -0.4 is 9.47 Å². The molecule has 0 saturated heterocycles. The minimum atomic E-state index is 0.760. The van der Waals surface area contributed by atoms with E-state index < -0.39 is 0 Å². The maximum Gasteiger partial charge on any atom is 0.119 e. The summed E-state index contributed by atoms with van der Waals surface area (Å²) < 4.78 is 11.9. The molecule has 2 aromatic rings. The van der Waals surface area contributed by atoms with Gasteiger partial charge in [0.1, 0.15) is 11.5 Å². The van der Waals surface area contributed by atoms with Crippen molar-refractivity contribution in [2.75, 3.05) is 13.2 Å². The SMILES string of the molecule is BrCc1cc(CBr)cc(OCCCCCCOc2cc(CBr)cc(CBr)c2)c1. The Labute approximate surface area is 202 Å². The second kappa shape index (κ2) is 14.1. The summed E-state index contributed by atoms with van der Waals surface area (Å²) in [5.74, 6) is 1.92. The third kappa shape index (κ3) is 8.76. The van der Waals surface area contributed by atoms with Crippen LogP contribution in [0.5, 0.6) is 11.5 Å². The maximum atomic E-state index is 5.94. The Hall–Kier alpha value is -0.0400. The van der Waals surface area contributed by atoms with Crippen molar-refractivity contribution < 1.29 is 9.47 Å². The lowest BCUT2D eigenvalue weighted by molar-refractivity contribution is 0.287. The molecular weight excluding hydrogens is 616 g/mol. The highest BCUT2D eigenvalue weighted by atomic mass is 79.9. The molecule has 0 spiro atoms. The number of hydrogen-bond donors (Lipinski definition) is 0. The number of rotatable bonds is 13. The molecule has 0 N–H and O–H groups in total. The van der Waals surface area contributed by atoms with Crippen LogP contribution in [-0.2, 0) is 21.3 Å². The fraction of sp³-hybridized carbons (Fsp3) is 0.455. The topological polar surface area (TPSA) is 18.5 Å². The van der Waals surface area contributed by atoms with Gasteiger partial charge in [-0.1, -0.05) is 75.9 Å². The Bertz CT molecular complexity index is 616. The van der Waals surface area contributed by atoms with E-state index >= 15 is 0 Å². The van der Waals surface area contributed by atoms with Crippen molar-refractivity contribution in [3.05, 3.63) is 58.7 Å². The van der Waals surface area contributed by atoms with Gasteiger partial charge in [-0.05, 0) is 72.2 Å². The van der Waals surface area contributed by atoms with E-state index in [1.165, 1.54) is 22.3 Å². The molecule has 0 aliphatic heterocycles. The van der Waals surface area contributed by atoms with Gasteiger partial charge < -0.3 is 9.47 Å². The van der Waals surface area contributed by atoms with Gasteiger partial charge >= 0.3 is 0 Å². The minimum absolute atomic E-state index is 0.760. The smallest absolute Gasteiger partial charge is 0.119 e. The molecule has 0 heterocycles. The number of benzene rings is 2. The molecule has 0 saturated carbocycles. The summed E-state index contributed by atoms with van der Waals surface area (Å²) in [6, 6.07) is 12.8. The molecule has 28 heavy (non-hydrogen) atoms. The Morgan fingerprint density at radius 1 is 0.464 bits per heavy atom. The van der Waals surface area contributed by atoms with Gasteiger partial charge in [-0.2, -0.15) is 0 Å². The van der Waals surface area contributed by atoms with Gasteiger partial charge in [0.15, 0.2) is 0 Å². The highest BCUT2D eigenvalue weighted by Gasteiger charge is 2.03. The molecule has 0 aromatic heterocycles. The summed E-state index contributed by atoms with van der Waals surface area (Å²) in [4.78, 5) is 0. The van der Waals surface area contributed by atoms with E-state index in [2.05, 4.69) is 100 Å². The minimum Gasteiger partial charge on any atom is -0.494 e. The van der Waals surface area contributed by atoms with E-state index in [-0.39, 0.29) is 0 Å². The van der Waals surface area contributed by atoms with E-state index in [1.807, 2.05) is 0 Å². The molecule has 0 atom stereocenters. The molecule has 6 heteroatoms. The fourth-order valence-electron chi connectivity index (χ4n) is 2.87. The predicted molar refractivity (Wildman–Crippen MR) is 133 cm³/mol. The zero-order chi connectivity index (χ0) is 20.2. The van der Waals surface area contributed by atoms with Crippen LogP contribution >= 0.6 is 63.7 Å². The van der Waals surface area contributed by atoms with Gasteiger partial charge in [-0.15, -0.1) is 0 Å². The van der Waals surface area contributed by atoms with Crippen LogP contribution in [0.4, 0.5) is 0 Å². The van der Waals surface area contributed by atoms with Crippen molar-refractivity contribution in [2.45, 2.75) is 47.0 Å². The third-order valence-electron chi connectivity index (χ3n) is 4.25. The quantitative estimate of drug-likeness (QED) is 0.162. The monoisotopic (exact) mass is 638 g/mol. The van der Waals surface area contributed by atoms with Crippen molar-refractivity contribution in [1.29, 1.82) is 0 Å². The molecule has 0 radical (unpaired) electrons. The molecule has 0 unspecified atom stereocenters. The Kier molecular flexibility index (Phi) is 12.2. The van der Waals surface area contributed by atoms with E-state index in [0.29, 0.717) is 0 Å². The number of halogens is 4. The van der Waals surface area contributed by atoms with E-state index in [0.717, 1.165) is 71.7 Å².